The van der Waals surface area contributed by atoms with Gasteiger partial charge in [-0.15, -0.1) is 22.7 Å². The van der Waals surface area contributed by atoms with E-state index in [2.05, 4.69) is 27.1 Å². The molecule has 0 aromatic carbocycles. The van der Waals surface area contributed by atoms with Crippen LogP contribution in [0.4, 0.5) is 0 Å². The van der Waals surface area contributed by atoms with Crippen molar-refractivity contribution in [3.63, 3.8) is 0 Å². The molecule has 1 saturated heterocycles. The number of likely N-dealkylation sites (tertiary alicyclic amines) is 1. The maximum atomic E-state index is 12.1. The monoisotopic (exact) mass is 336 g/mol. The van der Waals surface area contributed by atoms with E-state index < -0.39 is 0 Å². The smallest absolute Gasteiger partial charge is 0.270 e. The highest BCUT2D eigenvalue weighted by atomic mass is 32.1. The maximum absolute atomic E-state index is 12.1. The second-order valence-corrected chi connectivity index (χ2v) is 7.84. The fourth-order valence-electron chi connectivity index (χ4n) is 2.86. The molecule has 0 saturated carbocycles. The minimum Gasteiger partial charge on any atom is -0.348 e. The third-order valence-corrected chi connectivity index (χ3v) is 5.50. The van der Waals surface area contributed by atoms with Crippen LogP contribution < -0.4 is 5.32 Å². The molecule has 22 heavy (non-hydrogen) atoms. The lowest BCUT2D eigenvalue weighted by molar-refractivity contribution is 0.0857. The van der Waals surface area contributed by atoms with E-state index in [-0.39, 0.29) is 11.9 Å². The summed E-state index contributed by atoms with van der Waals surface area (Å²) < 4.78 is 0. The lowest BCUT2D eigenvalue weighted by Crippen LogP contribution is -2.49. The third kappa shape index (κ3) is 3.71. The molecule has 0 radical (unpaired) electrons. The molecule has 0 aliphatic carbocycles. The highest BCUT2D eigenvalue weighted by Gasteiger charge is 2.28. The Bertz CT molecular complexity index is 625. The molecule has 2 atom stereocenters. The maximum Gasteiger partial charge on any atom is 0.270 e. The minimum absolute atomic E-state index is 0.0513. The predicted molar refractivity (Wildman–Crippen MR) is 89.3 cm³/mol. The number of aromatic nitrogens is 2. The van der Waals surface area contributed by atoms with E-state index in [1.54, 1.807) is 22.2 Å². The number of amides is 1. The fraction of sp³-hybridized carbons (Fsp3) is 0.533. The van der Waals surface area contributed by atoms with Crippen molar-refractivity contribution in [3.8, 4) is 0 Å². The van der Waals surface area contributed by atoms with Gasteiger partial charge in [0, 0.05) is 42.1 Å². The van der Waals surface area contributed by atoms with E-state index in [1.165, 1.54) is 16.2 Å². The number of carbonyl (C=O) groups is 1. The predicted octanol–water partition coefficient (Wildman–Crippen LogP) is 2.55. The van der Waals surface area contributed by atoms with Crippen molar-refractivity contribution in [2.75, 3.05) is 13.1 Å². The summed E-state index contributed by atoms with van der Waals surface area (Å²) >= 11 is 3.21. The number of hydrogen-bond acceptors (Lipinski definition) is 6. The molecule has 1 N–H and O–H groups in total. The zero-order valence-corrected chi connectivity index (χ0v) is 14.4. The SMILES string of the molecule is Cc1ncc(CN2CC[C@H](NC(=O)c3cscn3)[C@@H](C)C2)s1. The molecule has 5 nitrogen and oxygen atoms in total. The number of carbonyl (C=O) groups excluding carboxylic acids is 1. The molecular formula is C15H20N4OS2. The molecule has 2 aromatic heterocycles. The van der Waals surface area contributed by atoms with E-state index >= 15 is 0 Å². The van der Waals surface area contributed by atoms with Crippen LogP contribution in [0.3, 0.4) is 0 Å². The van der Waals surface area contributed by atoms with Gasteiger partial charge in [-0.25, -0.2) is 9.97 Å². The van der Waals surface area contributed by atoms with E-state index in [1.807, 2.05) is 13.1 Å². The Hall–Kier alpha value is -1.31. The standard InChI is InChI=1S/C15H20N4OS2/c1-10-6-19(7-12-5-16-11(2)22-12)4-3-13(10)18-15(20)14-8-21-9-17-14/h5,8-10,13H,3-4,6-7H2,1-2H3,(H,18,20)/t10-,13-/m0/s1. The summed E-state index contributed by atoms with van der Waals surface area (Å²) in [7, 11) is 0. The Morgan fingerprint density at radius 1 is 1.50 bits per heavy atom. The molecule has 3 heterocycles. The summed E-state index contributed by atoms with van der Waals surface area (Å²) in [5, 5.41) is 6.04. The summed E-state index contributed by atoms with van der Waals surface area (Å²) in [5.74, 6) is 0.384. The van der Waals surface area contributed by atoms with Gasteiger partial charge in [-0.05, 0) is 19.3 Å². The van der Waals surface area contributed by atoms with Crippen LogP contribution in [0.5, 0.6) is 0 Å². The molecule has 118 valence electrons. The van der Waals surface area contributed by atoms with Crippen LogP contribution in [0, 0.1) is 12.8 Å². The van der Waals surface area contributed by atoms with Gasteiger partial charge >= 0.3 is 0 Å². The van der Waals surface area contributed by atoms with Crippen LogP contribution in [0.2, 0.25) is 0 Å². The van der Waals surface area contributed by atoms with Crippen LogP contribution >= 0.6 is 22.7 Å². The molecule has 0 unspecified atom stereocenters. The van der Waals surface area contributed by atoms with Crippen LogP contribution in [-0.4, -0.2) is 39.9 Å². The van der Waals surface area contributed by atoms with Crippen LogP contribution in [0.25, 0.3) is 0 Å². The number of rotatable bonds is 4. The molecule has 7 heteroatoms. The van der Waals surface area contributed by atoms with Gasteiger partial charge in [-0.2, -0.15) is 0 Å². The van der Waals surface area contributed by atoms with Gasteiger partial charge in [0.2, 0.25) is 0 Å². The molecule has 0 bridgehead atoms. The molecule has 1 amide bonds. The van der Waals surface area contributed by atoms with Crippen molar-refractivity contribution >= 4 is 28.6 Å². The molecule has 1 fully saturated rings. The highest BCUT2D eigenvalue weighted by molar-refractivity contribution is 7.11. The number of piperidine rings is 1. The number of nitrogens with zero attached hydrogens (tertiary/aromatic N) is 3. The number of hydrogen-bond donors (Lipinski definition) is 1. The zero-order chi connectivity index (χ0) is 15.5. The molecular weight excluding hydrogens is 316 g/mol. The van der Waals surface area contributed by atoms with E-state index in [9.17, 15) is 4.79 Å². The van der Waals surface area contributed by atoms with E-state index in [4.69, 9.17) is 0 Å². The molecule has 3 rings (SSSR count). The van der Waals surface area contributed by atoms with Crippen molar-refractivity contribution in [2.24, 2.45) is 5.92 Å². The van der Waals surface area contributed by atoms with Gasteiger partial charge in [-0.1, -0.05) is 6.92 Å². The Morgan fingerprint density at radius 3 is 3.00 bits per heavy atom. The molecule has 0 spiro atoms. The Labute approximate surface area is 138 Å². The zero-order valence-electron chi connectivity index (χ0n) is 12.8. The van der Waals surface area contributed by atoms with Crippen molar-refractivity contribution in [2.45, 2.75) is 32.9 Å². The Balaban J connectivity index is 1.52. The Morgan fingerprint density at radius 2 is 2.36 bits per heavy atom. The average Bonchev–Trinajstić information content (AvgIpc) is 3.13. The number of thiazole rings is 2. The lowest BCUT2D eigenvalue weighted by atomic mass is 9.93. The van der Waals surface area contributed by atoms with E-state index in [0.29, 0.717) is 11.6 Å². The fourth-order valence-corrected chi connectivity index (χ4v) is 4.23. The summed E-state index contributed by atoms with van der Waals surface area (Å²) in [6.07, 6.45) is 2.95. The van der Waals surface area contributed by atoms with Crippen molar-refractivity contribution < 1.29 is 4.79 Å². The van der Waals surface area contributed by atoms with Gasteiger partial charge < -0.3 is 5.32 Å². The average molecular weight is 336 g/mol. The first kappa shape index (κ1) is 15.6. The van der Waals surface area contributed by atoms with Crippen LogP contribution in [0.15, 0.2) is 17.1 Å². The summed E-state index contributed by atoms with van der Waals surface area (Å²) in [5.41, 5.74) is 2.22. The minimum atomic E-state index is -0.0513. The van der Waals surface area contributed by atoms with Crippen molar-refractivity contribution in [1.82, 2.24) is 20.2 Å². The quantitative estimate of drug-likeness (QED) is 0.932. The first-order valence-corrected chi connectivity index (χ1v) is 9.20. The second kappa shape index (κ2) is 6.85. The molecule has 2 aromatic rings. The largest absolute Gasteiger partial charge is 0.348 e. The number of aryl methyl sites for hydroxylation is 1. The van der Waals surface area contributed by atoms with Gasteiger partial charge in [0.1, 0.15) is 5.69 Å². The summed E-state index contributed by atoms with van der Waals surface area (Å²) in [6, 6.07) is 0.230. The van der Waals surface area contributed by atoms with Crippen molar-refractivity contribution in [3.05, 3.63) is 32.7 Å². The summed E-state index contributed by atoms with van der Waals surface area (Å²) in [4.78, 5) is 24.3. The normalized spacial score (nSPS) is 22.6. The van der Waals surface area contributed by atoms with Gasteiger partial charge in [0.25, 0.3) is 5.91 Å². The van der Waals surface area contributed by atoms with Crippen LogP contribution in [0.1, 0.15) is 33.7 Å². The highest BCUT2D eigenvalue weighted by Crippen LogP contribution is 2.21. The Kier molecular flexibility index (Phi) is 4.85. The molecule has 1 aliphatic rings. The van der Waals surface area contributed by atoms with E-state index in [0.717, 1.165) is 31.1 Å². The van der Waals surface area contributed by atoms with Crippen LogP contribution in [-0.2, 0) is 6.54 Å². The molecule has 1 aliphatic heterocycles. The van der Waals surface area contributed by atoms with Gasteiger partial charge in [-0.3, -0.25) is 9.69 Å². The number of nitrogens with one attached hydrogen (secondary N) is 1. The first-order valence-electron chi connectivity index (χ1n) is 7.44. The second-order valence-electron chi connectivity index (χ2n) is 5.80. The summed E-state index contributed by atoms with van der Waals surface area (Å²) in [6.45, 7) is 7.21. The lowest BCUT2D eigenvalue weighted by Gasteiger charge is -2.36. The topological polar surface area (TPSA) is 58.1 Å². The van der Waals surface area contributed by atoms with Gasteiger partial charge in [0.15, 0.2) is 0 Å². The third-order valence-electron chi connectivity index (χ3n) is 4.02. The first-order chi connectivity index (χ1) is 10.6. The van der Waals surface area contributed by atoms with Crippen molar-refractivity contribution in [1.29, 1.82) is 0 Å². The van der Waals surface area contributed by atoms with Gasteiger partial charge in [0.05, 0.1) is 10.5 Å².